The van der Waals surface area contributed by atoms with E-state index in [1.165, 1.54) is 0 Å². The number of hydrogen-bond donors (Lipinski definition) is 3. The van der Waals surface area contributed by atoms with Gasteiger partial charge in [-0.1, -0.05) is 24.3 Å². The number of Topliss-reactive ketones (excluding diaryl/α,β-unsaturated/α-hetero) is 1. The van der Waals surface area contributed by atoms with E-state index in [1.54, 1.807) is 6.07 Å². The van der Waals surface area contributed by atoms with Crippen molar-refractivity contribution in [1.82, 2.24) is 10.9 Å². The molecule has 5 nitrogen and oxygen atoms in total. The summed E-state index contributed by atoms with van der Waals surface area (Å²) in [7, 11) is 0. The molecule has 0 aromatic heterocycles. The lowest BCUT2D eigenvalue weighted by Gasteiger charge is -2.02. The van der Waals surface area contributed by atoms with Crippen LogP contribution in [0.2, 0.25) is 0 Å². The van der Waals surface area contributed by atoms with E-state index < -0.39 is 0 Å². The minimum atomic E-state index is 0.0720. The van der Waals surface area contributed by atoms with Gasteiger partial charge in [0.15, 0.2) is 5.78 Å². The summed E-state index contributed by atoms with van der Waals surface area (Å²) in [4.78, 5) is 11.6. The van der Waals surface area contributed by atoms with Crippen LogP contribution in [0.1, 0.15) is 22.3 Å². The van der Waals surface area contributed by atoms with Crippen LogP contribution in [0.5, 0.6) is 0 Å². The van der Waals surface area contributed by atoms with E-state index >= 15 is 0 Å². The van der Waals surface area contributed by atoms with Crippen molar-refractivity contribution in [2.24, 2.45) is 10.9 Å². The number of nitrogens with zero attached hydrogens (tertiary/aromatic N) is 1. The molecule has 82 valence electrons. The molecule has 0 saturated heterocycles. The molecule has 1 aliphatic rings. The summed E-state index contributed by atoms with van der Waals surface area (Å²) < 4.78 is 0. The lowest BCUT2D eigenvalue weighted by atomic mass is 10.1. The molecule has 1 aromatic rings. The van der Waals surface area contributed by atoms with Gasteiger partial charge in [0.2, 0.25) is 5.11 Å². The Bertz CT molecular complexity index is 483. The lowest BCUT2D eigenvalue weighted by Crippen LogP contribution is -2.37. The highest BCUT2D eigenvalue weighted by Crippen LogP contribution is 2.21. The molecule has 1 aromatic carbocycles. The fraction of sp³-hybridized carbons (Fsp3) is 0.100. The maximum atomic E-state index is 11.6. The number of fused-ring (bicyclic) bond motifs is 1. The van der Waals surface area contributed by atoms with Crippen molar-refractivity contribution in [1.29, 1.82) is 0 Å². The summed E-state index contributed by atoms with van der Waals surface area (Å²) in [5, 5.41) is 4.26. The Kier molecular flexibility index (Phi) is 2.93. The van der Waals surface area contributed by atoms with Gasteiger partial charge in [-0.3, -0.25) is 15.6 Å². The molecule has 2 rings (SSSR count). The second-order valence-electron chi connectivity index (χ2n) is 3.29. The van der Waals surface area contributed by atoms with Gasteiger partial charge in [0, 0.05) is 11.1 Å². The predicted octanol–water partition coefficient (Wildman–Crippen LogP) is 0.315. The van der Waals surface area contributed by atoms with Gasteiger partial charge in [0.1, 0.15) is 0 Å². The average Bonchev–Trinajstić information content (AvgIpc) is 2.64. The molecule has 1 aliphatic carbocycles. The first-order chi connectivity index (χ1) is 7.72. The molecule has 0 unspecified atom stereocenters. The van der Waals surface area contributed by atoms with Crippen molar-refractivity contribution in [3.8, 4) is 0 Å². The normalized spacial score (nSPS) is 16.1. The van der Waals surface area contributed by atoms with Crippen molar-refractivity contribution in [2.75, 3.05) is 0 Å². The predicted molar refractivity (Wildman–Crippen MR) is 65.0 cm³/mol. The highest BCUT2D eigenvalue weighted by atomic mass is 32.1. The molecule has 0 aliphatic heterocycles. The van der Waals surface area contributed by atoms with E-state index in [0.29, 0.717) is 17.7 Å². The molecule has 0 spiro atoms. The molecule has 0 atom stereocenters. The Morgan fingerprint density at radius 1 is 1.38 bits per heavy atom. The first-order valence-electron chi connectivity index (χ1n) is 4.68. The fourth-order valence-corrected chi connectivity index (χ4v) is 1.62. The van der Waals surface area contributed by atoms with Crippen molar-refractivity contribution in [2.45, 2.75) is 6.42 Å². The number of hydrazone groups is 1. The van der Waals surface area contributed by atoms with Gasteiger partial charge in [-0.15, -0.1) is 0 Å². The number of nitrogens with two attached hydrogens (primary N) is 1. The molecular weight excluding hydrogens is 224 g/mol. The standard InChI is InChI=1S/C10H10N4OS/c11-12-10(16)14-13-8-5-9(15)7-4-2-1-3-6(7)8/h1-4H,5,11H2,(H2,12,14,16). The summed E-state index contributed by atoms with van der Waals surface area (Å²) in [6.07, 6.45) is 0.291. The Hall–Kier alpha value is -1.79. The summed E-state index contributed by atoms with van der Waals surface area (Å²) in [6, 6.07) is 7.35. The molecule has 0 fully saturated rings. The van der Waals surface area contributed by atoms with Gasteiger partial charge in [-0.2, -0.15) is 5.10 Å². The Morgan fingerprint density at radius 3 is 2.75 bits per heavy atom. The van der Waals surface area contributed by atoms with Crippen molar-refractivity contribution >= 4 is 28.8 Å². The number of carbonyl (C=O) groups excluding carboxylic acids is 1. The molecule has 6 heteroatoms. The van der Waals surface area contributed by atoms with Gasteiger partial charge in [0.25, 0.3) is 0 Å². The Labute approximate surface area is 97.7 Å². The average molecular weight is 234 g/mol. The van der Waals surface area contributed by atoms with Crippen molar-refractivity contribution < 1.29 is 4.79 Å². The smallest absolute Gasteiger partial charge is 0.201 e. The highest BCUT2D eigenvalue weighted by molar-refractivity contribution is 7.80. The van der Waals surface area contributed by atoms with E-state index in [4.69, 9.17) is 18.1 Å². The number of thiocarbonyl (C=S) groups is 1. The van der Waals surface area contributed by atoms with Crippen LogP contribution in [-0.2, 0) is 0 Å². The van der Waals surface area contributed by atoms with Crippen molar-refractivity contribution in [3.63, 3.8) is 0 Å². The van der Waals surface area contributed by atoms with E-state index in [9.17, 15) is 4.79 Å². The second-order valence-corrected chi connectivity index (χ2v) is 3.70. The van der Waals surface area contributed by atoms with E-state index in [1.807, 2.05) is 18.2 Å². The van der Waals surface area contributed by atoms with Gasteiger partial charge in [-0.05, 0) is 12.2 Å². The number of hydrogen-bond acceptors (Lipinski definition) is 4. The molecule has 0 saturated carbocycles. The Morgan fingerprint density at radius 2 is 2.06 bits per heavy atom. The summed E-state index contributed by atoms with van der Waals surface area (Å²) in [6.45, 7) is 0. The second kappa shape index (κ2) is 4.38. The summed E-state index contributed by atoms with van der Waals surface area (Å²) in [5.74, 6) is 5.16. The molecular formula is C10H10N4OS. The molecule has 0 radical (unpaired) electrons. The molecule has 0 bridgehead atoms. The number of hydrazine groups is 1. The van der Waals surface area contributed by atoms with E-state index in [-0.39, 0.29) is 10.9 Å². The SMILES string of the molecule is NNC(=S)NN=C1CC(=O)c2ccccc21. The minimum Gasteiger partial charge on any atom is -0.300 e. The number of nitrogens with one attached hydrogen (secondary N) is 2. The van der Waals surface area contributed by atoms with Crippen LogP contribution in [-0.4, -0.2) is 16.6 Å². The number of ketones is 1. The zero-order valence-corrected chi connectivity index (χ0v) is 9.17. The van der Waals surface area contributed by atoms with Gasteiger partial charge in [0.05, 0.1) is 12.1 Å². The fourth-order valence-electron chi connectivity index (χ4n) is 1.57. The first kappa shape index (κ1) is 10.7. The minimum absolute atomic E-state index is 0.0720. The third kappa shape index (κ3) is 1.93. The summed E-state index contributed by atoms with van der Waals surface area (Å²) >= 11 is 4.78. The zero-order valence-electron chi connectivity index (χ0n) is 8.36. The van der Waals surface area contributed by atoms with Gasteiger partial charge in [-0.25, -0.2) is 5.84 Å². The monoisotopic (exact) mass is 234 g/mol. The topological polar surface area (TPSA) is 79.5 Å². The highest BCUT2D eigenvalue weighted by Gasteiger charge is 2.24. The first-order valence-corrected chi connectivity index (χ1v) is 5.09. The van der Waals surface area contributed by atoms with E-state index in [2.05, 4.69) is 16.0 Å². The van der Waals surface area contributed by atoms with Crippen LogP contribution in [0.15, 0.2) is 29.4 Å². The maximum absolute atomic E-state index is 11.6. The van der Waals surface area contributed by atoms with Crippen LogP contribution in [0, 0.1) is 0 Å². The number of benzene rings is 1. The number of carbonyl (C=O) groups is 1. The van der Waals surface area contributed by atoms with Crippen molar-refractivity contribution in [3.05, 3.63) is 35.4 Å². The molecule has 4 N–H and O–H groups in total. The largest absolute Gasteiger partial charge is 0.300 e. The van der Waals surface area contributed by atoms with Crippen LogP contribution < -0.4 is 16.7 Å². The molecule has 16 heavy (non-hydrogen) atoms. The van der Waals surface area contributed by atoms with Crippen LogP contribution in [0.4, 0.5) is 0 Å². The third-order valence-electron chi connectivity index (χ3n) is 2.29. The molecule has 0 amide bonds. The lowest BCUT2D eigenvalue weighted by molar-refractivity contribution is 0.101. The maximum Gasteiger partial charge on any atom is 0.201 e. The van der Waals surface area contributed by atoms with Crippen LogP contribution >= 0.6 is 12.2 Å². The quantitative estimate of drug-likeness (QED) is 0.370. The Balaban J connectivity index is 2.27. The van der Waals surface area contributed by atoms with E-state index in [0.717, 1.165) is 5.56 Å². The van der Waals surface area contributed by atoms with Gasteiger partial charge < -0.3 is 0 Å². The van der Waals surface area contributed by atoms with Gasteiger partial charge >= 0.3 is 0 Å². The number of rotatable bonds is 1. The summed E-state index contributed by atoms with van der Waals surface area (Å²) in [5.41, 5.74) is 7.05. The van der Waals surface area contributed by atoms with Crippen LogP contribution in [0.3, 0.4) is 0 Å². The third-order valence-corrected chi connectivity index (χ3v) is 2.50. The zero-order chi connectivity index (χ0) is 11.5. The molecule has 0 heterocycles. The van der Waals surface area contributed by atoms with Crippen LogP contribution in [0.25, 0.3) is 0 Å².